The maximum absolute atomic E-state index is 15.8. The molecule has 0 amide bonds. The Balaban J connectivity index is 0.950. The third kappa shape index (κ3) is 7.34. The summed E-state index contributed by atoms with van der Waals surface area (Å²) < 4.78 is 94.5. The van der Waals surface area contributed by atoms with Gasteiger partial charge in [0.05, 0.1) is 11.1 Å². The van der Waals surface area contributed by atoms with E-state index in [4.69, 9.17) is 0 Å². The summed E-state index contributed by atoms with van der Waals surface area (Å²) in [5.74, 6) is -6.87. The second-order valence-electron chi connectivity index (χ2n) is 16.7. The molecule has 0 aliphatic heterocycles. The Kier molecular flexibility index (Phi) is 10.2. The minimum atomic E-state index is -1.47. The summed E-state index contributed by atoms with van der Waals surface area (Å²) in [4.78, 5) is 0. The number of rotatable bonds is 0. The summed E-state index contributed by atoms with van der Waals surface area (Å²) in [7, 11) is 0. The van der Waals surface area contributed by atoms with Gasteiger partial charge in [0, 0.05) is 11.1 Å². The molecule has 9 aromatic carbocycles. The molecule has 20 bridgehead atoms. The van der Waals surface area contributed by atoms with E-state index in [0.717, 1.165) is 79.6 Å². The molecule has 0 radical (unpaired) electrons. The van der Waals surface area contributed by atoms with Gasteiger partial charge in [-0.15, -0.1) is 0 Å². The molecular weight excluding hydrogens is 835 g/mol. The van der Waals surface area contributed by atoms with Gasteiger partial charge in [0.15, 0.2) is 23.3 Å². The first-order valence-electron chi connectivity index (χ1n) is 21.7. The second-order valence-corrected chi connectivity index (χ2v) is 16.7. The first-order chi connectivity index (χ1) is 32.2. The predicted molar refractivity (Wildman–Crippen MR) is 255 cm³/mol. The first kappa shape index (κ1) is 40.8. The summed E-state index contributed by atoms with van der Waals surface area (Å²) in [5, 5.41) is 0. The van der Waals surface area contributed by atoms with Crippen molar-refractivity contribution < 1.29 is 26.3 Å². The van der Waals surface area contributed by atoms with Crippen molar-refractivity contribution in [3.63, 3.8) is 0 Å². The lowest BCUT2D eigenvalue weighted by molar-refractivity contribution is 0.463. The summed E-state index contributed by atoms with van der Waals surface area (Å²) in [6, 6.07) is 53.7. The SMILES string of the molecule is Fc1cc2c(F)cc1-c1ccc(cc1)C1=CC=C(CC1)c1ccc(cc1)-c1ccc(cc1)-c1c(F)c(F)c(c(F)c1F)-c1ccc(cc1)-c1ccc(cc1)-c1ccc(cc1)-c1ccc-2cc1. The summed E-state index contributed by atoms with van der Waals surface area (Å²) in [6.07, 6.45) is 5.74. The molecule has 9 aromatic rings. The number of benzene rings is 9. The van der Waals surface area contributed by atoms with E-state index >= 15 is 26.3 Å². The molecule has 0 heterocycles. The molecule has 0 fully saturated rings. The highest BCUT2D eigenvalue weighted by atomic mass is 19.2. The highest BCUT2D eigenvalue weighted by Gasteiger charge is 2.27. The lowest BCUT2D eigenvalue weighted by atomic mass is 9.88. The van der Waals surface area contributed by atoms with Crippen LogP contribution in [0.4, 0.5) is 26.3 Å². The molecule has 0 unspecified atom stereocenters. The highest BCUT2D eigenvalue weighted by Crippen LogP contribution is 2.40. The van der Waals surface area contributed by atoms with Crippen molar-refractivity contribution in [3.8, 4) is 89.0 Å². The van der Waals surface area contributed by atoms with Crippen LogP contribution in [-0.4, -0.2) is 0 Å². The molecule has 0 atom stereocenters. The van der Waals surface area contributed by atoms with Gasteiger partial charge in [-0.25, -0.2) is 26.3 Å². The zero-order valence-corrected chi connectivity index (χ0v) is 35.2. The number of halogens is 6. The standard InChI is InChI=1S/C60H36F6/c61-53-34-52-48-27-19-44(20-28-48)40-11-3-36(4-12-40)38-7-15-42(16-8-38)46-23-31-50(32-24-46)56-59(65)57(63)55(58(64)60(56)66)49-29-21-45(22-30-49)41-13-5-37(6-14-41)35-1-9-39(10-2-35)43-17-25-47(26-18-43)51(53)33-54(52)62/h1-3,5-11,13-34H,4,12H2. The van der Waals surface area contributed by atoms with Crippen molar-refractivity contribution in [1.82, 2.24) is 0 Å². The van der Waals surface area contributed by atoms with E-state index in [0.29, 0.717) is 11.1 Å². The Morgan fingerprint density at radius 1 is 0.227 bits per heavy atom. The molecule has 0 saturated carbocycles. The predicted octanol–water partition coefficient (Wildman–Crippen LogP) is 17.4. The number of hydrogen-bond acceptors (Lipinski definition) is 0. The van der Waals surface area contributed by atoms with Gasteiger partial charge in [-0.3, -0.25) is 0 Å². The lowest BCUT2D eigenvalue weighted by Gasteiger charge is -2.16. The molecule has 0 nitrogen and oxygen atoms in total. The molecule has 38 rings (SSSR count). The molecular formula is C60H36F6. The Labute approximate surface area is 378 Å². The van der Waals surface area contributed by atoms with Gasteiger partial charge in [0.1, 0.15) is 11.6 Å². The fourth-order valence-corrected chi connectivity index (χ4v) is 9.20. The van der Waals surface area contributed by atoms with E-state index in [1.165, 1.54) is 36.4 Å². The van der Waals surface area contributed by atoms with Gasteiger partial charge in [0.25, 0.3) is 0 Å². The summed E-state index contributed by atoms with van der Waals surface area (Å²) >= 11 is 0. The maximum atomic E-state index is 15.8. The van der Waals surface area contributed by atoms with Crippen molar-refractivity contribution in [3.05, 3.63) is 240 Å². The third-order valence-corrected chi connectivity index (χ3v) is 12.9. The van der Waals surface area contributed by atoms with Crippen LogP contribution in [-0.2, 0) is 0 Å². The van der Waals surface area contributed by atoms with Crippen molar-refractivity contribution in [2.24, 2.45) is 0 Å². The summed E-state index contributed by atoms with van der Waals surface area (Å²) in [6.45, 7) is 0. The van der Waals surface area contributed by atoms with Crippen LogP contribution in [0.15, 0.2) is 194 Å². The monoisotopic (exact) mass is 870 g/mol. The van der Waals surface area contributed by atoms with Crippen molar-refractivity contribution in [1.29, 1.82) is 0 Å². The Hall–Kier alpha value is -7.96. The Morgan fingerprint density at radius 2 is 0.424 bits per heavy atom. The lowest BCUT2D eigenvalue weighted by Crippen LogP contribution is -2.03. The van der Waals surface area contributed by atoms with Crippen LogP contribution in [0.1, 0.15) is 24.0 Å². The normalized spacial score (nSPS) is 12.8. The molecule has 29 aliphatic carbocycles. The van der Waals surface area contributed by atoms with Crippen LogP contribution in [0.5, 0.6) is 0 Å². The van der Waals surface area contributed by atoms with E-state index in [-0.39, 0.29) is 22.3 Å². The van der Waals surface area contributed by atoms with Crippen LogP contribution in [0.25, 0.3) is 100 Å². The topological polar surface area (TPSA) is 0 Å². The van der Waals surface area contributed by atoms with Crippen molar-refractivity contribution in [2.45, 2.75) is 12.8 Å². The number of allylic oxidation sites excluding steroid dienone is 4. The van der Waals surface area contributed by atoms with E-state index in [1.807, 2.05) is 109 Å². The minimum Gasteiger partial charge on any atom is -0.206 e. The van der Waals surface area contributed by atoms with Crippen molar-refractivity contribution >= 4 is 11.1 Å². The quantitative estimate of drug-likeness (QED) is 0.105. The second kappa shape index (κ2) is 16.5. The fourth-order valence-electron chi connectivity index (χ4n) is 9.20. The van der Waals surface area contributed by atoms with Crippen LogP contribution in [0.3, 0.4) is 0 Å². The van der Waals surface area contributed by atoms with Gasteiger partial charge in [-0.2, -0.15) is 0 Å². The molecule has 6 heteroatoms. The minimum absolute atomic E-state index is 0.00253. The van der Waals surface area contributed by atoms with Crippen LogP contribution < -0.4 is 0 Å². The van der Waals surface area contributed by atoms with E-state index in [2.05, 4.69) is 12.2 Å². The van der Waals surface area contributed by atoms with Gasteiger partial charge in [-0.1, -0.05) is 182 Å². The Bertz CT molecular complexity index is 3350. The van der Waals surface area contributed by atoms with Crippen LogP contribution in [0.2, 0.25) is 0 Å². The van der Waals surface area contributed by atoms with E-state index < -0.39 is 46.0 Å². The molecule has 0 spiro atoms. The first-order valence-corrected chi connectivity index (χ1v) is 21.7. The van der Waals surface area contributed by atoms with E-state index in [9.17, 15) is 0 Å². The number of hydrogen-bond donors (Lipinski definition) is 0. The maximum Gasteiger partial charge on any atom is 0.170 e. The molecule has 0 saturated heterocycles. The Morgan fingerprint density at radius 3 is 0.652 bits per heavy atom. The molecule has 0 aromatic heterocycles. The van der Waals surface area contributed by atoms with Gasteiger partial charge in [-0.05, 0) is 114 Å². The smallest absolute Gasteiger partial charge is 0.170 e. The third-order valence-electron chi connectivity index (χ3n) is 12.9. The highest BCUT2D eigenvalue weighted by molar-refractivity contribution is 5.82. The van der Waals surface area contributed by atoms with E-state index in [1.54, 1.807) is 36.4 Å². The van der Waals surface area contributed by atoms with Crippen molar-refractivity contribution in [2.75, 3.05) is 0 Å². The molecule has 318 valence electrons. The molecule has 0 N–H and O–H groups in total. The van der Waals surface area contributed by atoms with Gasteiger partial charge in [0.2, 0.25) is 0 Å². The zero-order valence-electron chi connectivity index (χ0n) is 35.2. The fraction of sp³-hybridized carbons (Fsp3) is 0.0333. The average Bonchev–Trinajstić information content (AvgIpc) is 3.37. The van der Waals surface area contributed by atoms with Gasteiger partial charge >= 0.3 is 0 Å². The molecule has 66 heavy (non-hydrogen) atoms. The molecule has 29 aliphatic rings. The summed E-state index contributed by atoms with van der Waals surface area (Å²) in [5.41, 5.74) is 11.3. The van der Waals surface area contributed by atoms with Gasteiger partial charge < -0.3 is 0 Å². The average molecular weight is 871 g/mol. The largest absolute Gasteiger partial charge is 0.206 e. The van der Waals surface area contributed by atoms with Crippen LogP contribution >= 0.6 is 0 Å². The zero-order chi connectivity index (χ0) is 45.1. The van der Waals surface area contributed by atoms with Crippen LogP contribution in [0, 0.1) is 34.9 Å².